The van der Waals surface area contributed by atoms with E-state index in [4.69, 9.17) is 15.0 Å². The molecule has 0 radical (unpaired) electrons. The molecule has 78 heavy (non-hydrogen) atoms. The Labute approximate surface area is 453 Å². The summed E-state index contributed by atoms with van der Waals surface area (Å²) >= 11 is 0. The lowest BCUT2D eigenvalue weighted by Crippen LogP contribution is -2.28. The maximum atomic E-state index is 5.49. The molecule has 0 aliphatic heterocycles. The molecule has 14 aromatic rings. The van der Waals surface area contributed by atoms with Crippen LogP contribution in [0.1, 0.15) is 27.8 Å². The van der Waals surface area contributed by atoms with E-state index in [1.807, 2.05) is 0 Å². The first-order valence-corrected chi connectivity index (χ1v) is 26.8. The van der Waals surface area contributed by atoms with Gasteiger partial charge in [-0.3, -0.25) is 0 Å². The fraction of sp³-hybridized carbons (Fsp3) is 0.0267. The van der Waals surface area contributed by atoms with Crippen molar-refractivity contribution in [2.75, 3.05) is 0 Å². The number of benzene rings is 12. The first kappa shape index (κ1) is 45.3. The van der Waals surface area contributed by atoms with Crippen molar-refractivity contribution in [1.29, 1.82) is 0 Å². The van der Waals surface area contributed by atoms with Crippen LogP contribution in [0, 0.1) is 6.92 Å². The molecule has 0 bridgehead atoms. The van der Waals surface area contributed by atoms with Crippen LogP contribution in [0.3, 0.4) is 0 Å². The molecule has 0 fully saturated rings. The summed E-state index contributed by atoms with van der Waals surface area (Å²) in [5.41, 5.74) is 21.7. The fourth-order valence-electron chi connectivity index (χ4n) is 12.5. The predicted molar refractivity (Wildman–Crippen MR) is 325 cm³/mol. The minimum absolute atomic E-state index is 0.679. The second-order valence-electron chi connectivity index (χ2n) is 20.7. The molecule has 364 valence electrons. The summed E-state index contributed by atoms with van der Waals surface area (Å²) in [6.07, 6.45) is 0. The van der Waals surface area contributed by atoms with Gasteiger partial charge in [-0.2, -0.15) is 0 Å². The maximum Gasteiger partial charge on any atom is 0.160 e. The van der Waals surface area contributed by atoms with E-state index in [1.54, 1.807) is 0 Å². The average molecular weight is 992 g/mol. The van der Waals surface area contributed by atoms with Crippen molar-refractivity contribution in [2.45, 2.75) is 12.3 Å². The van der Waals surface area contributed by atoms with Crippen LogP contribution in [-0.4, -0.2) is 15.0 Å². The Morgan fingerprint density at radius 2 is 0.718 bits per heavy atom. The first-order valence-electron chi connectivity index (χ1n) is 26.8. The van der Waals surface area contributed by atoms with E-state index in [0.717, 1.165) is 66.6 Å². The number of pyridine rings is 1. The Bertz CT molecular complexity index is 4620. The molecular weight excluding hydrogens is 943 g/mol. The van der Waals surface area contributed by atoms with Gasteiger partial charge in [0.25, 0.3) is 0 Å². The highest BCUT2D eigenvalue weighted by Crippen LogP contribution is 2.58. The number of hydrogen-bond acceptors (Lipinski definition) is 3. The van der Waals surface area contributed by atoms with E-state index >= 15 is 0 Å². The van der Waals surface area contributed by atoms with Crippen molar-refractivity contribution in [1.82, 2.24) is 15.0 Å². The summed E-state index contributed by atoms with van der Waals surface area (Å²) in [6, 6.07) is 101. The quantitative estimate of drug-likeness (QED) is 0.152. The molecule has 15 rings (SSSR count). The molecule has 1 aliphatic carbocycles. The van der Waals surface area contributed by atoms with E-state index in [1.165, 1.54) is 77.2 Å². The van der Waals surface area contributed by atoms with E-state index in [2.05, 4.69) is 286 Å². The topological polar surface area (TPSA) is 38.7 Å². The Balaban J connectivity index is 0.882. The number of para-hydroxylation sites is 2. The van der Waals surface area contributed by atoms with E-state index in [-0.39, 0.29) is 0 Å². The Kier molecular flexibility index (Phi) is 10.7. The summed E-state index contributed by atoms with van der Waals surface area (Å²) in [5.74, 6) is 0.694. The van der Waals surface area contributed by atoms with Gasteiger partial charge in [-0.1, -0.05) is 243 Å². The van der Waals surface area contributed by atoms with Crippen molar-refractivity contribution in [3.05, 3.63) is 307 Å². The Hall–Kier alpha value is -10.1. The van der Waals surface area contributed by atoms with Gasteiger partial charge in [0.2, 0.25) is 0 Å². The fourth-order valence-corrected chi connectivity index (χ4v) is 12.5. The van der Waals surface area contributed by atoms with Crippen LogP contribution < -0.4 is 0 Å². The zero-order valence-electron chi connectivity index (χ0n) is 42.9. The largest absolute Gasteiger partial charge is 0.247 e. The maximum absolute atomic E-state index is 5.49. The molecule has 0 amide bonds. The van der Waals surface area contributed by atoms with Gasteiger partial charge in [0, 0.05) is 27.5 Å². The monoisotopic (exact) mass is 991 g/mol. The molecule has 0 atom stereocenters. The van der Waals surface area contributed by atoms with Crippen LogP contribution in [-0.2, 0) is 5.41 Å². The third-order valence-corrected chi connectivity index (χ3v) is 16.3. The van der Waals surface area contributed by atoms with E-state index in [0.29, 0.717) is 5.82 Å². The van der Waals surface area contributed by atoms with Crippen LogP contribution >= 0.6 is 0 Å². The van der Waals surface area contributed by atoms with Gasteiger partial charge in [0.05, 0.1) is 27.8 Å². The highest BCUT2D eigenvalue weighted by molar-refractivity contribution is 6.02. The zero-order valence-corrected chi connectivity index (χ0v) is 42.9. The molecule has 1 aliphatic rings. The smallest absolute Gasteiger partial charge is 0.160 e. The molecule has 0 unspecified atom stereocenters. The molecule has 0 spiro atoms. The van der Waals surface area contributed by atoms with Gasteiger partial charge in [-0.25, -0.2) is 15.0 Å². The third kappa shape index (κ3) is 7.39. The van der Waals surface area contributed by atoms with E-state index in [9.17, 15) is 0 Å². The summed E-state index contributed by atoms with van der Waals surface area (Å²) in [7, 11) is 0. The number of nitrogens with zero attached hydrogens (tertiary/aromatic N) is 3. The zero-order chi connectivity index (χ0) is 51.7. The lowest BCUT2D eigenvalue weighted by atomic mass is 9.67. The predicted octanol–water partition coefficient (Wildman–Crippen LogP) is 19.2. The van der Waals surface area contributed by atoms with Gasteiger partial charge in [-0.05, 0) is 137 Å². The van der Waals surface area contributed by atoms with Crippen molar-refractivity contribution in [3.8, 4) is 78.4 Å². The number of aromatic nitrogens is 3. The normalized spacial score (nSPS) is 12.5. The van der Waals surface area contributed by atoms with Crippen molar-refractivity contribution in [2.24, 2.45) is 0 Å². The Morgan fingerprint density at radius 1 is 0.282 bits per heavy atom. The average Bonchev–Trinajstić information content (AvgIpc) is 4.04. The second kappa shape index (κ2) is 18.3. The summed E-state index contributed by atoms with van der Waals surface area (Å²) in [4.78, 5) is 16.1. The van der Waals surface area contributed by atoms with Crippen LogP contribution in [0.4, 0.5) is 0 Å². The third-order valence-electron chi connectivity index (χ3n) is 16.3. The van der Waals surface area contributed by atoms with Crippen LogP contribution in [0.25, 0.3) is 122 Å². The van der Waals surface area contributed by atoms with Gasteiger partial charge in [0.1, 0.15) is 0 Å². The van der Waals surface area contributed by atoms with Crippen LogP contribution in [0.15, 0.2) is 279 Å². The second-order valence-corrected chi connectivity index (χ2v) is 20.7. The van der Waals surface area contributed by atoms with Crippen LogP contribution in [0.5, 0.6) is 0 Å². The molecule has 0 saturated carbocycles. The Morgan fingerprint density at radius 3 is 1.31 bits per heavy atom. The van der Waals surface area contributed by atoms with Crippen LogP contribution in [0.2, 0.25) is 0 Å². The number of rotatable bonds is 8. The van der Waals surface area contributed by atoms with Gasteiger partial charge in [0.15, 0.2) is 5.82 Å². The standard InChI is InChI=1S/C75H49N3/c1-48-71(65-24-12-14-26-69(65)76-72(48)53-34-28-51(29-35-53)57-38-32-49-16-8-10-18-55(49)44-57)59-40-42-63-64-43-41-60(47-68(64)75(67(63)46-59,61-20-4-2-5-21-61)62-22-6-3-7-23-62)73-66-25-13-15-27-70(66)77-74(78-73)54-36-30-52(31-37-54)58-39-33-50-17-9-11-19-56(50)45-58/h2-47H,1H3. The van der Waals surface area contributed by atoms with Gasteiger partial charge in [-0.15, -0.1) is 0 Å². The highest BCUT2D eigenvalue weighted by atomic mass is 14.9. The van der Waals surface area contributed by atoms with E-state index < -0.39 is 5.41 Å². The first-order chi connectivity index (χ1) is 38.5. The highest BCUT2D eigenvalue weighted by Gasteiger charge is 2.46. The molecule has 3 heteroatoms. The minimum Gasteiger partial charge on any atom is -0.247 e. The van der Waals surface area contributed by atoms with Crippen molar-refractivity contribution < 1.29 is 0 Å². The summed E-state index contributed by atoms with van der Waals surface area (Å²) in [6.45, 7) is 2.25. The minimum atomic E-state index is -0.679. The molecule has 2 aromatic heterocycles. The number of hydrogen-bond donors (Lipinski definition) is 0. The molecule has 3 nitrogen and oxygen atoms in total. The van der Waals surface area contributed by atoms with Gasteiger partial charge >= 0.3 is 0 Å². The summed E-state index contributed by atoms with van der Waals surface area (Å²) in [5, 5.41) is 7.08. The number of fused-ring (bicyclic) bond motifs is 7. The molecule has 2 heterocycles. The van der Waals surface area contributed by atoms with Crippen molar-refractivity contribution >= 4 is 43.4 Å². The molecule has 0 saturated heterocycles. The lowest BCUT2D eigenvalue weighted by molar-refractivity contribution is 0.769. The summed E-state index contributed by atoms with van der Waals surface area (Å²) < 4.78 is 0. The van der Waals surface area contributed by atoms with Gasteiger partial charge < -0.3 is 0 Å². The molecular formula is C75H49N3. The lowest BCUT2D eigenvalue weighted by Gasteiger charge is -2.34. The molecule has 0 N–H and O–H groups in total. The SMILES string of the molecule is Cc1c(-c2ccc(-c3ccc4ccccc4c3)cc2)nc2ccccc2c1-c1ccc2c(c1)C(c1ccccc1)(c1ccccc1)c1cc(-c3nc(-c4ccc(-c5ccc6ccccc6c5)cc4)nc4ccccc34)ccc1-2. The molecule has 12 aromatic carbocycles. The van der Waals surface area contributed by atoms with Crippen molar-refractivity contribution in [3.63, 3.8) is 0 Å².